The SMILES string of the molecule is CN1CCc2nc(NC(=O)c3cc(-c4ccc(Cl)cc4)on3)sc2C1. The minimum atomic E-state index is -0.330. The molecule has 0 saturated carbocycles. The third kappa shape index (κ3) is 3.44. The van der Waals surface area contributed by atoms with Crippen molar-refractivity contribution in [2.75, 3.05) is 18.9 Å². The number of carbonyl (C=O) groups excluding carboxylic acids is 1. The zero-order chi connectivity index (χ0) is 17.4. The summed E-state index contributed by atoms with van der Waals surface area (Å²) in [5.41, 5.74) is 2.10. The number of halogens is 1. The van der Waals surface area contributed by atoms with E-state index in [4.69, 9.17) is 16.1 Å². The van der Waals surface area contributed by atoms with Crippen LogP contribution in [0.15, 0.2) is 34.9 Å². The maximum absolute atomic E-state index is 12.4. The van der Waals surface area contributed by atoms with Gasteiger partial charge in [-0.3, -0.25) is 10.1 Å². The quantitative estimate of drug-likeness (QED) is 0.757. The number of hydrogen-bond donors (Lipinski definition) is 1. The van der Waals surface area contributed by atoms with E-state index >= 15 is 0 Å². The van der Waals surface area contributed by atoms with Gasteiger partial charge in [0, 0.05) is 41.0 Å². The molecule has 1 N–H and O–H groups in total. The Hall–Kier alpha value is -2.22. The molecule has 0 fully saturated rings. The van der Waals surface area contributed by atoms with Crippen LogP contribution in [0, 0.1) is 0 Å². The fourth-order valence-corrected chi connectivity index (χ4v) is 3.88. The molecule has 128 valence electrons. The second kappa shape index (κ2) is 6.59. The largest absolute Gasteiger partial charge is 0.355 e. The van der Waals surface area contributed by atoms with Gasteiger partial charge in [0.2, 0.25) is 0 Å². The molecule has 1 aromatic carbocycles. The number of amides is 1. The van der Waals surface area contributed by atoms with Gasteiger partial charge in [-0.25, -0.2) is 4.98 Å². The highest BCUT2D eigenvalue weighted by Gasteiger charge is 2.20. The van der Waals surface area contributed by atoms with E-state index in [1.165, 1.54) is 16.2 Å². The lowest BCUT2D eigenvalue weighted by Gasteiger charge is -2.20. The van der Waals surface area contributed by atoms with Crippen LogP contribution in [0.2, 0.25) is 5.02 Å². The Balaban J connectivity index is 1.49. The lowest BCUT2D eigenvalue weighted by molar-refractivity contribution is 0.101. The maximum atomic E-state index is 12.4. The van der Waals surface area contributed by atoms with Crippen molar-refractivity contribution < 1.29 is 9.32 Å². The number of nitrogens with zero attached hydrogens (tertiary/aromatic N) is 3. The van der Waals surface area contributed by atoms with Gasteiger partial charge in [0.15, 0.2) is 16.6 Å². The van der Waals surface area contributed by atoms with E-state index in [-0.39, 0.29) is 11.6 Å². The predicted molar refractivity (Wildman–Crippen MR) is 97.1 cm³/mol. The number of aromatic nitrogens is 2. The molecule has 1 amide bonds. The van der Waals surface area contributed by atoms with E-state index in [9.17, 15) is 4.79 Å². The number of benzene rings is 1. The smallest absolute Gasteiger partial charge is 0.279 e. The minimum absolute atomic E-state index is 0.218. The average molecular weight is 375 g/mol. The number of likely N-dealkylation sites (N-methyl/N-ethyl adjacent to an activating group) is 1. The van der Waals surface area contributed by atoms with Gasteiger partial charge in [0.1, 0.15) is 0 Å². The fraction of sp³-hybridized carbons (Fsp3) is 0.235. The summed E-state index contributed by atoms with van der Waals surface area (Å²) in [6.07, 6.45) is 0.906. The van der Waals surface area contributed by atoms with Crippen molar-refractivity contribution in [3.05, 3.63) is 51.6 Å². The summed E-state index contributed by atoms with van der Waals surface area (Å²) >= 11 is 7.39. The van der Waals surface area contributed by atoms with Crippen LogP contribution in [0.5, 0.6) is 0 Å². The first-order valence-corrected chi connectivity index (χ1v) is 8.99. The molecule has 0 unspecified atom stereocenters. The zero-order valence-corrected chi connectivity index (χ0v) is 15.0. The van der Waals surface area contributed by atoms with Gasteiger partial charge in [-0.15, -0.1) is 11.3 Å². The van der Waals surface area contributed by atoms with Gasteiger partial charge in [0.25, 0.3) is 5.91 Å². The number of carbonyl (C=O) groups is 1. The van der Waals surface area contributed by atoms with E-state index in [1.54, 1.807) is 18.2 Å². The number of hydrogen-bond acceptors (Lipinski definition) is 6. The van der Waals surface area contributed by atoms with Gasteiger partial charge in [0.05, 0.1) is 5.69 Å². The molecule has 1 aliphatic rings. The molecule has 0 saturated heterocycles. The number of nitrogens with one attached hydrogen (secondary N) is 1. The molecule has 0 bridgehead atoms. The van der Waals surface area contributed by atoms with E-state index in [0.717, 1.165) is 30.8 Å². The average Bonchev–Trinajstić information content (AvgIpc) is 3.21. The molecule has 4 rings (SSSR count). The lowest BCUT2D eigenvalue weighted by Crippen LogP contribution is -2.25. The predicted octanol–water partition coefficient (Wildman–Crippen LogP) is 3.69. The van der Waals surface area contributed by atoms with Crippen LogP contribution >= 0.6 is 22.9 Å². The minimum Gasteiger partial charge on any atom is -0.355 e. The van der Waals surface area contributed by atoms with Crippen LogP contribution in [-0.4, -0.2) is 34.5 Å². The van der Waals surface area contributed by atoms with Gasteiger partial charge in [-0.2, -0.15) is 0 Å². The molecular weight excluding hydrogens is 360 g/mol. The lowest BCUT2D eigenvalue weighted by atomic mass is 10.1. The van der Waals surface area contributed by atoms with Crippen molar-refractivity contribution in [2.45, 2.75) is 13.0 Å². The molecule has 0 aliphatic carbocycles. The van der Waals surface area contributed by atoms with E-state index in [2.05, 4.69) is 27.4 Å². The number of rotatable bonds is 3. The highest BCUT2D eigenvalue weighted by Crippen LogP contribution is 2.28. The summed E-state index contributed by atoms with van der Waals surface area (Å²) in [4.78, 5) is 20.3. The van der Waals surface area contributed by atoms with Crippen LogP contribution in [-0.2, 0) is 13.0 Å². The number of anilines is 1. The topological polar surface area (TPSA) is 71.3 Å². The van der Waals surface area contributed by atoms with Crippen molar-refractivity contribution in [1.29, 1.82) is 0 Å². The van der Waals surface area contributed by atoms with Crippen LogP contribution in [0.25, 0.3) is 11.3 Å². The molecule has 2 aromatic heterocycles. The van der Waals surface area contributed by atoms with Crippen LogP contribution in [0.1, 0.15) is 21.1 Å². The summed E-state index contributed by atoms with van der Waals surface area (Å²) in [5, 5.41) is 7.90. The normalized spacial score (nSPS) is 14.3. The molecular formula is C17H15ClN4O2S. The fourth-order valence-electron chi connectivity index (χ4n) is 2.67. The van der Waals surface area contributed by atoms with Gasteiger partial charge in [-0.05, 0) is 31.3 Å². The van der Waals surface area contributed by atoms with E-state index < -0.39 is 0 Å². The summed E-state index contributed by atoms with van der Waals surface area (Å²) in [7, 11) is 2.08. The molecule has 3 heterocycles. The van der Waals surface area contributed by atoms with Crippen LogP contribution in [0.4, 0.5) is 5.13 Å². The third-order valence-electron chi connectivity index (χ3n) is 4.01. The Morgan fingerprint density at radius 1 is 1.36 bits per heavy atom. The number of fused-ring (bicyclic) bond motifs is 1. The standard InChI is InChI=1S/C17H15ClN4O2S/c1-22-7-6-12-15(9-22)25-17(19-12)20-16(23)13-8-14(24-21-13)10-2-4-11(18)5-3-10/h2-5,8H,6-7,9H2,1H3,(H,19,20,23). The third-order valence-corrected chi connectivity index (χ3v) is 5.26. The van der Waals surface area contributed by atoms with Crippen LogP contribution in [0.3, 0.4) is 0 Å². The first-order chi connectivity index (χ1) is 12.1. The Morgan fingerprint density at radius 2 is 2.16 bits per heavy atom. The summed E-state index contributed by atoms with van der Waals surface area (Å²) in [5.74, 6) is 0.185. The van der Waals surface area contributed by atoms with E-state index in [1.807, 2.05) is 12.1 Å². The van der Waals surface area contributed by atoms with Crippen LogP contribution < -0.4 is 5.32 Å². The summed E-state index contributed by atoms with van der Waals surface area (Å²) in [6, 6.07) is 8.76. The monoisotopic (exact) mass is 374 g/mol. The molecule has 6 nitrogen and oxygen atoms in total. The Labute approximate surface area is 153 Å². The molecule has 3 aromatic rings. The first kappa shape index (κ1) is 16.3. The van der Waals surface area contributed by atoms with Crippen molar-refractivity contribution in [2.24, 2.45) is 0 Å². The molecule has 8 heteroatoms. The highest BCUT2D eigenvalue weighted by molar-refractivity contribution is 7.15. The second-order valence-corrected chi connectivity index (χ2v) is 7.43. The number of thiazole rings is 1. The highest BCUT2D eigenvalue weighted by atomic mass is 35.5. The van der Waals surface area contributed by atoms with Crippen molar-refractivity contribution >= 4 is 34.0 Å². The molecule has 1 aliphatic heterocycles. The van der Waals surface area contributed by atoms with Crippen molar-refractivity contribution in [3.8, 4) is 11.3 Å². The summed E-state index contributed by atoms with van der Waals surface area (Å²) < 4.78 is 5.27. The second-order valence-electron chi connectivity index (χ2n) is 5.91. The Bertz CT molecular complexity index is 919. The molecule has 25 heavy (non-hydrogen) atoms. The van der Waals surface area contributed by atoms with Crippen molar-refractivity contribution in [1.82, 2.24) is 15.0 Å². The Kier molecular flexibility index (Phi) is 4.29. The summed E-state index contributed by atoms with van der Waals surface area (Å²) in [6.45, 7) is 1.85. The Morgan fingerprint density at radius 3 is 2.96 bits per heavy atom. The zero-order valence-electron chi connectivity index (χ0n) is 13.5. The van der Waals surface area contributed by atoms with Gasteiger partial charge >= 0.3 is 0 Å². The van der Waals surface area contributed by atoms with Gasteiger partial charge < -0.3 is 9.42 Å². The molecule has 0 atom stereocenters. The molecule has 0 spiro atoms. The van der Waals surface area contributed by atoms with Crippen molar-refractivity contribution in [3.63, 3.8) is 0 Å². The first-order valence-electron chi connectivity index (χ1n) is 7.79. The van der Waals surface area contributed by atoms with E-state index in [0.29, 0.717) is 15.9 Å². The van der Waals surface area contributed by atoms with Gasteiger partial charge in [-0.1, -0.05) is 16.8 Å². The maximum Gasteiger partial charge on any atom is 0.279 e. The molecule has 0 radical (unpaired) electrons.